The molecule has 0 fully saturated rings. The van der Waals surface area contributed by atoms with Gasteiger partial charge in [0.2, 0.25) is 0 Å². The van der Waals surface area contributed by atoms with Crippen molar-refractivity contribution in [2.75, 3.05) is 18.1 Å². The predicted molar refractivity (Wildman–Crippen MR) is 226 cm³/mol. The highest BCUT2D eigenvalue weighted by atomic mass is 16.5. The van der Waals surface area contributed by atoms with Gasteiger partial charge in [0, 0.05) is 28.2 Å². The fourth-order valence-electron chi connectivity index (χ4n) is 7.35. The SMILES string of the molecule is O=Cc1ccc(N(c2ccc(C=O)cc2)c2ccc(OCCCCCCOc3ccc(C(c4ccccc4)(c4ccccc4)c4ccccc4)cc3)cc2)cc1. The van der Waals surface area contributed by atoms with Crippen LogP contribution in [0, 0.1) is 0 Å². The fourth-order valence-corrected chi connectivity index (χ4v) is 7.35. The second-order valence-electron chi connectivity index (χ2n) is 13.7. The molecule has 0 unspecified atom stereocenters. The molecule has 7 aromatic carbocycles. The van der Waals surface area contributed by atoms with E-state index in [9.17, 15) is 9.59 Å². The maximum atomic E-state index is 11.2. The van der Waals surface area contributed by atoms with E-state index in [1.807, 2.05) is 48.5 Å². The molecule has 0 radical (unpaired) electrons. The summed E-state index contributed by atoms with van der Waals surface area (Å²) in [4.78, 5) is 24.6. The summed E-state index contributed by atoms with van der Waals surface area (Å²) in [6, 6.07) is 63.7. The number of carbonyl (C=O) groups excluding carboxylic acids is 2. The highest BCUT2D eigenvalue weighted by molar-refractivity contribution is 5.82. The van der Waals surface area contributed by atoms with E-state index in [0.717, 1.165) is 66.8 Å². The van der Waals surface area contributed by atoms with Crippen LogP contribution in [0.4, 0.5) is 17.1 Å². The van der Waals surface area contributed by atoms with Crippen LogP contribution in [-0.4, -0.2) is 25.8 Å². The first kappa shape index (κ1) is 37.6. The van der Waals surface area contributed by atoms with Gasteiger partial charge in [0.1, 0.15) is 24.1 Å². The minimum Gasteiger partial charge on any atom is -0.494 e. The van der Waals surface area contributed by atoms with Crippen molar-refractivity contribution < 1.29 is 19.1 Å². The van der Waals surface area contributed by atoms with Crippen LogP contribution in [0.3, 0.4) is 0 Å². The van der Waals surface area contributed by atoms with E-state index in [2.05, 4.69) is 120 Å². The summed E-state index contributed by atoms with van der Waals surface area (Å²) in [5, 5.41) is 0. The van der Waals surface area contributed by atoms with Crippen molar-refractivity contribution in [2.45, 2.75) is 31.1 Å². The largest absolute Gasteiger partial charge is 0.494 e. The highest BCUT2D eigenvalue weighted by Gasteiger charge is 2.38. The molecule has 0 spiro atoms. The summed E-state index contributed by atoms with van der Waals surface area (Å²) in [7, 11) is 0. The summed E-state index contributed by atoms with van der Waals surface area (Å²) < 4.78 is 12.3. The topological polar surface area (TPSA) is 55.8 Å². The Labute approximate surface area is 329 Å². The normalized spacial score (nSPS) is 11.1. The zero-order chi connectivity index (χ0) is 38.4. The molecule has 0 aliphatic rings. The monoisotopic (exact) mass is 735 g/mol. The summed E-state index contributed by atoms with van der Waals surface area (Å²) in [6.45, 7) is 1.30. The van der Waals surface area contributed by atoms with Gasteiger partial charge in [-0.05, 0) is 133 Å². The van der Waals surface area contributed by atoms with Crippen molar-refractivity contribution in [1.29, 1.82) is 0 Å². The molecule has 56 heavy (non-hydrogen) atoms. The van der Waals surface area contributed by atoms with Gasteiger partial charge in [0.25, 0.3) is 0 Å². The number of rotatable bonds is 18. The van der Waals surface area contributed by atoms with Crippen molar-refractivity contribution in [1.82, 2.24) is 0 Å². The minimum atomic E-state index is -0.469. The molecule has 5 nitrogen and oxygen atoms in total. The summed E-state index contributed by atoms with van der Waals surface area (Å²) >= 11 is 0. The quantitative estimate of drug-likeness (QED) is 0.0499. The molecule has 278 valence electrons. The molecule has 0 atom stereocenters. The maximum absolute atomic E-state index is 11.2. The number of hydrogen-bond donors (Lipinski definition) is 0. The number of unbranched alkanes of at least 4 members (excludes halogenated alkanes) is 3. The molecule has 0 bridgehead atoms. The van der Waals surface area contributed by atoms with Gasteiger partial charge in [-0.15, -0.1) is 0 Å². The lowest BCUT2D eigenvalue weighted by Crippen LogP contribution is -2.30. The molecule has 0 saturated heterocycles. The third-order valence-electron chi connectivity index (χ3n) is 10.2. The van der Waals surface area contributed by atoms with Crippen LogP contribution in [-0.2, 0) is 5.41 Å². The van der Waals surface area contributed by atoms with E-state index in [0.29, 0.717) is 24.3 Å². The van der Waals surface area contributed by atoms with Crippen molar-refractivity contribution in [3.8, 4) is 11.5 Å². The van der Waals surface area contributed by atoms with Crippen LogP contribution in [0.2, 0.25) is 0 Å². The molecule has 0 N–H and O–H groups in total. The average molecular weight is 736 g/mol. The zero-order valence-corrected chi connectivity index (χ0v) is 31.4. The van der Waals surface area contributed by atoms with Gasteiger partial charge in [0.15, 0.2) is 0 Å². The van der Waals surface area contributed by atoms with E-state index in [1.54, 1.807) is 24.3 Å². The Kier molecular flexibility index (Phi) is 12.5. The Balaban J connectivity index is 0.912. The third-order valence-corrected chi connectivity index (χ3v) is 10.2. The summed E-state index contributed by atoms with van der Waals surface area (Å²) in [5.41, 5.74) is 8.35. The lowest BCUT2D eigenvalue weighted by Gasteiger charge is -2.36. The second-order valence-corrected chi connectivity index (χ2v) is 13.7. The zero-order valence-electron chi connectivity index (χ0n) is 31.4. The summed E-state index contributed by atoms with van der Waals surface area (Å²) in [6.07, 6.45) is 5.70. The lowest BCUT2D eigenvalue weighted by atomic mass is 9.65. The number of nitrogens with zero attached hydrogens (tertiary/aromatic N) is 1. The van der Waals surface area contributed by atoms with Crippen LogP contribution in [0.25, 0.3) is 0 Å². The first-order valence-electron chi connectivity index (χ1n) is 19.2. The van der Waals surface area contributed by atoms with Crippen LogP contribution in [0.1, 0.15) is 68.7 Å². The predicted octanol–water partition coefficient (Wildman–Crippen LogP) is 12.2. The highest BCUT2D eigenvalue weighted by Crippen LogP contribution is 2.45. The minimum absolute atomic E-state index is 0.469. The first-order chi connectivity index (χ1) is 27.7. The third kappa shape index (κ3) is 8.64. The number of hydrogen-bond acceptors (Lipinski definition) is 5. The molecule has 0 saturated carbocycles. The molecule has 7 rings (SSSR count). The lowest BCUT2D eigenvalue weighted by molar-refractivity contribution is 0.111. The van der Waals surface area contributed by atoms with Crippen molar-refractivity contribution in [2.24, 2.45) is 0 Å². The molecule has 0 aliphatic heterocycles. The second kappa shape index (κ2) is 18.5. The van der Waals surface area contributed by atoms with Gasteiger partial charge in [0.05, 0.1) is 18.6 Å². The molecule has 0 aromatic heterocycles. The Morgan fingerprint density at radius 3 is 1.05 bits per heavy atom. The number of anilines is 3. The van der Waals surface area contributed by atoms with E-state index < -0.39 is 5.41 Å². The van der Waals surface area contributed by atoms with Crippen LogP contribution < -0.4 is 14.4 Å². The molecule has 7 aromatic rings. The van der Waals surface area contributed by atoms with Crippen molar-refractivity contribution in [3.05, 3.63) is 221 Å². The summed E-state index contributed by atoms with van der Waals surface area (Å²) in [5.74, 6) is 1.68. The number of aldehydes is 2. The molecule has 0 aliphatic carbocycles. The van der Waals surface area contributed by atoms with E-state index in [1.165, 1.54) is 22.3 Å². The van der Waals surface area contributed by atoms with Crippen molar-refractivity contribution >= 4 is 29.6 Å². The average Bonchev–Trinajstić information content (AvgIpc) is 3.27. The Morgan fingerprint density at radius 2 is 0.696 bits per heavy atom. The maximum Gasteiger partial charge on any atom is 0.150 e. The molecule has 0 amide bonds. The van der Waals surface area contributed by atoms with Gasteiger partial charge in [-0.1, -0.05) is 103 Å². The van der Waals surface area contributed by atoms with Crippen LogP contribution >= 0.6 is 0 Å². The van der Waals surface area contributed by atoms with Gasteiger partial charge in [-0.2, -0.15) is 0 Å². The smallest absolute Gasteiger partial charge is 0.150 e. The Bertz CT molecular complexity index is 2110. The van der Waals surface area contributed by atoms with Gasteiger partial charge in [-0.3, -0.25) is 9.59 Å². The van der Waals surface area contributed by atoms with E-state index >= 15 is 0 Å². The van der Waals surface area contributed by atoms with Gasteiger partial charge < -0.3 is 14.4 Å². The standard InChI is InChI=1S/C51H45NO4/c53-38-40-20-26-46(27-21-40)52(47-28-22-41(39-54)23-29-47)48-30-34-50(35-31-48)56-37-13-2-1-12-36-55-49-32-24-45(25-33-49)51(42-14-6-3-7-15-42,43-16-8-4-9-17-43)44-18-10-5-11-19-44/h3-11,14-35,38-39H,1-2,12-13,36-37H2. The van der Waals surface area contributed by atoms with Crippen LogP contribution in [0.5, 0.6) is 11.5 Å². The molecule has 0 heterocycles. The molecule has 5 heteroatoms. The van der Waals surface area contributed by atoms with Gasteiger partial charge in [-0.25, -0.2) is 0 Å². The number of benzene rings is 7. The Hall–Kier alpha value is -6.72. The number of ether oxygens (including phenoxy) is 2. The Morgan fingerprint density at radius 1 is 0.375 bits per heavy atom. The van der Waals surface area contributed by atoms with Crippen LogP contribution in [0.15, 0.2) is 188 Å². The molecular weight excluding hydrogens is 691 g/mol. The van der Waals surface area contributed by atoms with Crippen molar-refractivity contribution in [3.63, 3.8) is 0 Å². The number of carbonyl (C=O) groups is 2. The van der Waals surface area contributed by atoms with E-state index in [4.69, 9.17) is 9.47 Å². The molecular formula is C51H45NO4. The fraction of sp³-hybridized carbons (Fsp3) is 0.137. The van der Waals surface area contributed by atoms with Gasteiger partial charge >= 0.3 is 0 Å². The van der Waals surface area contributed by atoms with E-state index in [-0.39, 0.29) is 0 Å². The first-order valence-corrected chi connectivity index (χ1v) is 19.2.